The summed E-state index contributed by atoms with van der Waals surface area (Å²) in [5.41, 5.74) is 2.85. The number of aromatic amines is 1. The Kier molecular flexibility index (Phi) is 7.51. The minimum Gasteiger partial charge on any atom is -0.381 e. The fraction of sp³-hybridized carbons (Fsp3) is 0.536. The van der Waals surface area contributed by atoms with Crippen LogP contribution in [0.5, 0.6) is 0 Å². The van der Waals surface area contributed by atoms with E-state index in [0.717, 1.165) is 42.2 Å². The highest BCUT2D eigenvalue weighted by molar-refractivity contribution is 6.30. The van der Waals surface area contributed by atoms with Gasteiger partial charge in [-0.2, -0.15) is 0 Å². The zero-order valence-electron chi connectivity index (χ0n) is 22.2. The van der Waals surface area contributed by atoms with Crippen molar-refractivity contribution >= 4 is 22.8 Å². The number of nitrogens with zero attached hydrogens (tertiary/aromatic N) is 5. The van der Waals surface area contributed by atoms with Crippen molar-refractivity contribution in [3.8, 4) is 22.9 Å². The van der Waals surface area contributed by atoms with Gasteiger partial charge in [0.05, 0.1) is 0 Å². The van der Waals surface area contributed by atoms with E-state index in [2.05, 4.69) is 21.6 Å². The topological polar surface area (TPSA) is 121 Å². The Labute approximate surface area is 231 Å². The summed E-state index contributed by atoms with van der Waals surface area (Å²) < 4.78 is 18.8. The van der Waals surface area contributed by atoms with Crippen molar-refractivity contribution in [2.24, 2.45) is 17.8 Å². The van der Waals surface area contributed by atoms with Gasteiger partial charge in [-0.1, -0.05) is 48.7 Å². The number of rotatable bonds is 7. The molecule has 11 heteroatoms. The van der Waals surface area contributed by atoms with Crippen LogP contribution in [0.3, 0.4) is 0 Å². The second kappa shape index (κ2) is 11.2. The van der Waals surface area contributed by atoms with Crippen molar-refractivity contribution < 1.29 is 14.0 Å². The molecule has 0 bridgehead atoms. The quantitative estimate of drug-likeness (QED) is 0.322. The van der Waals surface area contributed by atoms with Gasteiger partial charge < -0.3 is 14.0 Å². The Bertz CT molecular complexity index is 1500. The summed E-state index contributed by atoms with van der Waals surface area (Å²) in [5.74, 6) is 2.10. The lowest BCUT2D eigenvalue weighted by Crippen LogP contribution is -2.27. The van der Waals surface area contributed by atoms with Crippen molar-refractivity contribution in [2.45, 2.75) is 58.1 Å². The van der Waals surface area contributed by atoms with E-state index in [4.69, 9.17) is 40.5 Å². The normalized spacial score (nSPS) is 21.4. The van der Waals surface area contributed by atoms with Crippen LogP contribution in [0.2, 0.25) is 5.02 Å². The Morgan fingerprint density at radius 2 is 1.92 bits per heavy atom. The van der Waals surface area contributed by atoms with Gasteiger partial charge in [-0.3, -0.25) is 9.51 Å². The first-order valence-corrected chi connectivity index (χ1v) is 14.1. The molecular weight excluding hydrogens is 520 g/mol. The molecule has 4 aromatic rings. The number of hydrogen-bond acceptors (Lipinski definition) is 8. The van der Waals surface area contributed by atoms with Crippen molar-refractivity contribution in [1.82, 2.24) is 29.7 Å². The van der Waals surface area contributed by atoms with E-state index >= 15 is 0 Å². The van der Waals surface area contributed by atoms with Gasteiger partial charge in [0, 0.05) is 37.5 Å². The van der Waals surface area contributed by atoms with Gasteiger partial charge in [-0.15, -0.1) is 0 Å². The lowest BCUT2D eigenvalue weighted by atomic mass is 9.83. The molecule has 1 aromatic carbocycles. The molecule has 1 unspecified atom stereocenters. The lowest BCUT2D eigenvalue weighted by Gasteiger charge is -2.31. The molecule has 1 saturated carbocycles. The second-order valence-corrected chi connectivity index (χ2v) is 11.3. The summed E-state index contributed by atoms with van der Waals surface area (Å²) in [6, 6.07) is 7.57. The van der Waals surface area contributed by atoms with E-state index in [-0.39, 0.29) is 23.7 Å². The third kappa shape index (κ3) is 5.37. The molecule has 39 heavy (non-hydrogen) atoms. The Balaban J connectivity index is 1.57. The minimum atomic E-state index is -0.672. The molecule has 1 N–H and O–H groups in total. The molecule has 1 aliphatic carbocycles. The number of hydrogen-bond donors (Lipinski definition) is 1. The summed E-state index contributed by atoms with van der Waals surface area (Å²) in [7, 11) is 1.75. The van der Waals surface area contributed by atoms with Gasteiger partial charge in [-0.25, -0.2) is 19.7 Å². The fourth-order valence-electron chi connectivity index (χ4n) is 6.02. The molecule has 10 nitrogen and oxygen atoms in total. The Morgan fingerprint density at radius 3 is 2.62 bits per heavy atom. The summed E-state index contributed by atoms with van der Waals surface area (Å²) in [6.45, 7) is 4.56. The molecule has 0 amide bonds. The number of ether oxygens (including phenoxy) is 2. The summed E-state index contributed by atoms with van der Waals surface area (Å²) in [5, 5.41) is 4.43. The molecule has 1 saturated heterocycles. The van der Waals surface area contributed by atoms with Gasteiger partial charge in [0.2, 0.25) is 11.6 Å². The van der Waals surface area contributed by atoms with Crippen LogP contribution < -0.4 is 5.76 Å². The molecule has 2 aliphatic rings. The number of benzene rings is 1. The van der Waals surface area contributed by atoms with Gasteiger partial charge in [0.1, 0.15) is 23.1 Å². The molecular formula is C28H33ClN6O4. The number of aromatic nitrogens is 6. The molecule has 206 valence electrons. The van der Waals surface area contributed by atoms with Gasteiger partial charge in [0.25, 0.3) is 0 Å². The number of halogens is 1. The van der Waals surface area contributed by atoms with Crippen LogP contribution in [-0.2, 0) is 16.0 Å². The number of fused-ring (bicyclic) bond motifs is 1. The zero-order chi connectivity index (χ0) is 26.9. The molecule has 1 aliphatic heterocycles. The van der Waals surface area contributed by atoms with E-state index in [1.54, 1.807) is 7.11 Å². The van der Waals surface area contributed by atoms with Crippen LogP contribution in [-0.4, -0.2) is 50.0 Å². The predicted octanol–water partition coefficient (Wildman–Crippen LogP) is 5.43. The Hall–Kier alpha value is -3.08. The maximum absolute atomic E-state index is 11.7. The summed E-state index contributed by atoms with van der Waals surface area (Å²) >= 11 is 6.42. The van der Waals surface area contributed by atoms with Crippen LogP contribution >= 0.6 is 11.6 Å². The maximum Gasteiger partial charge on any atom is 0.439 e. The van der Waals surface area contributed by atoms with E-state index in [1.807, 2.05) is 24.3 Å². The third-order valence-corrected chi connectivity index (χ3v) is 8.40. The summed E-state index contributed by atoms with van der Waals surface area (Å²) in [6.07, 6.45) is 6.38. The average Bonchev–Trinajstić information content (AvgIpc) is 3.54. The highest BCUT2D eigenvalue weighted by Gasteiger charge is 2.33. The van der Waals surface area contributed by atoms with Gasteiger partial charge >= 0.3 is 5.76 Å². The minimum absolute atomic E-state index is 0.148. The van der Waals surface area contributed by atoms with E-state index in [9.17, 15) is 4.79 Å². The first kappa shape index (κ1) is 26.2. The van der Waals surface area contributed by atoms with Crippen LogP contribution in [0.1, 0.15) is 57.4 Å². The number of nitrogens with one attached hydrogen (secondary N) is 1. The highest BCUT2D eigenvalue weighted by atomic mass is 35.5. The molecule has 1 atom stereocenters. The standard InChI is InChI=1S/C28H33ClN6O4/c1-16-6-8-17(9-7-16)15-35-22-21(19-4-3-5-20(29)14-19)30-25(26-33-28(36)39-34-26)31-24(22)32-27(35)23(37-2)18-10-12-38-13-11-18/h3-5,14,16-18,23H,6-13,15H2,1-2H3,(H,33,34,36)/t16-,17-,23?. The fourth-order valence-corrected chi connectivity index (χ4v) is 6.21. The van der Waals surface area contributed by atoms with Gasteiger partial charge in [0.15, 0.2) is 5.65 Å². The Morgan fingerprint density at radius 1 is 1.13 bits per heavy atom. The van der Waals surface area contributed by atoms with Crippen molar-refractivity contribution in [1.29, 1.82) is 0 Å². The van der Waals surface area contributed by atoms with E-state index in [1.165, 1.54) is 25.7 Å². The first-order chi connectivity index (χ1) is 19.0. The van der Waals surface area contributed by atoms with Crippen molar-refractivity contribution in [2.75, 3.05) is 20.3 Å². The van der Waals surface area contributed by atoms with Crippen LogP contribution in [0.15, 0.2) is 33.6 Å². The van der Waals surface area contributed by atoms with Crippen LogP contribution in [0.4, 0.5) is 0 Å². The van der Waals surface area contributed by atoms with Gasteiger partial charge in [-0.05, 0) is 55.6 Å². The predicted molar refractivity (Wildman–Crippen MR) is 146 cm³/mol. The zero-order valence-corrected chi connectivity index (χ0v) is 23.0. The van der Waals surface area contributed by atoms with Crippen LogP contribution in [0.25, 0.3) is 34.1 Å². The van der Waals surface area contributed by atoms with E-state index < -0.39 is 5.76 Å². The largest absolute Gasteiger partial charge is 0.439 e. The maximum atomic E-state index is 11.7. The smallest absolute Gasteiger partial charge is 0.381 e. The number of methoxy groups -OCH3 is 1. The molecule has 3 aromatic heterocycles. The van der Waals surface area contributed by atoms with Crippen LogP contribution in [0, 0.1) is 17.8 Å². The highest BCUT2D eigenvalue weighted by Crippen LogP contribution is 2.39. The third-order valence-electron chi connectivity index (χ3n) is 8.16. The number of H-pyrrole nitrogens is 1. The lowest BCUT2D eigenvalue weighted by molar-refractivity contribution is -0.0200. The molecule has 4 heterocycles. The SMILES string of the molecule is COC(c1nc2nc(-c3noc(=O)[nH]3)nc(-c3cccc(Cl)c3)c2n1C[C@H]1CC[C@H](C)CC1)C1CCOCC1. The van der Waals surface area contributed by atoms with E-state index in [0.29, 0.717) is 35.5 Å². The second-order valence-electron chi connectivity index (χ2n) is 10.8. The van der Waals surface area contributed by atoms with Crippen molar-refractivity contribution in [3.05, 3.63) is 45.7 Å². The first-order valence-electron chi connectivity index (χ1n) is 13.7. The molecule has 0 radical (unpaired) electrons. The molecule has 6 rings (SSSR count). The monoisotopic (exact) mass is 552 g/mol. The molecule has 2 fully saturated rings. The average molecular weight is 553 g/mol. The van der Waals surface area contributed by atoms with Crippen molar-refractivity contribution in [3.63, 3.8) is 0 Å². The summed E-state index contributed by atoms with van der Waals surface area (Å²) in [4.78, 5) is 29.1. The molecule has 0 spiro atoms. The number of imidazole rings is 1.